The van der Waals surface area contributed by atoms with E-state index in [1.54, 1.807) is 32.2 Å². The molecule has 0 aliphatic heterocycles. The number of rotatable bonds is 4. The number of nitrogens with two attached hydrogens (primary N) is 1. The van der Waals surface area contributed by atoms with Gasteiger partial charge in [0.1, 0.15) is 10.7 Å². The molecule has 2 rings (SSSR count). The van der Waals surface area contributed by atoms with E-state index in [9.17, 15) is 8.42 Å². The van der Waals surface area contributed by atoms with Crippen molar-refractivity contribution >= 4 is 21.5 Å². The van der Waals surface area contributed by atoms with Crippen LogP contribution in [0.15, 0.2) is 35.5 Å². The Kier molecular flexibility index (Phi) is 3.49. The first-order valence-electron chi connectivity index (χ1n) is 5.77. The average molecular weight is 293 g/mol. The molecule has 4 N–H and O–H groups in total. The van der Waals surface area contributed by atoms with Gasteiger partial charge in [-0.05, 0) is 18.6 Å². The molecule has 0 radical (unpaired) electrons. The molecule has 0 bridgehead atoms. The second-order valence-electron chi connectivity index (χ2n) is 4.37. The van der Waals surface area contributed by atoms with Crippen molar-refractivity contribution in [1.82, 2.24) is 9.78 Å². The largest absolute Gasteiger partial charge is 0.384 e. The van der Waals surface area contributed by atoms with Crippen LogP contribution < -0.4 is 10.5 Å². The Balaban J connectivity index is 2.45. The molecule has 106 valence electrons. The summed E-state index contributed by atoms with van der Waals surface area (Å²) >= 11 is 0. The molecule has 0 unspecified atom stereocenters. The third kappa shape index (κ3) is 2.64. The summed E-state index contributed by atoms with van der Waals surface area (Å²) in [6.07, 6.45) is 2.65. The second-order valence-corrected chi connectivity index (χ2v) is 6.05. The van der Waals surface area contributed by atoms with Crippen LogP contribution in [0.25, 0.3) is 0 Å². The third-order valence-corrected chi connectivity index (χ3v) is 4.10. The van der Waals surface area contributed by atoms with Crippen LogP contribution in [-0.2, 0) is 17.1 Å². The zero-order chi connectivity index (χ0) is 14.9. The smallest absolute Gasteiger partial charge is 0.265 e. The summed E-state index contributed by atoms with van der Waals surface area (Å²) < 4.78 is 28.3. The predicted octanol–water partition coefficient (Wildman–Crippen LogP) is 0.813. The Morgan fingerprint density at radius 3 is 2.70 bits per heavy atom. The van der Waals surface area contributed by atoms with E-state index >= 15 is 0 Å². The first-order chi connectivity index (χ1) is 9.31. The standard InChI is InChI=1S/C12H15N5O2S/c1-8-4-3-5-10(11(8)12(13)14)16-20(18,19)9-6-15-17(2)7-9/h3-7,16H,1-2H3,(H3,13,14). The zero-order valence-corrected chi connectivity index (χ0v) is 11.9. The summed E-state index contributed by atoms with van der Waals surface area (Å²) in [5, 5.41) is 11.4. The minimum atomic E-state index is -3.75. The van der Waals surface area contributed by atoms with Crippen LogP contribution in [0.1, 0.15) is 11.1 Å². The molecular formula is C12H15N5O2S. The normalized spacial score (nSPS) is 11.3. The number of amidine groups is 1. The SMILES string of the molecule is Cc1cccc(NS(=O)(=O)c2cnn(C)c2)c1C(=N)N. The molecule has 1 heterocycles. The monoisotopic (exact) mass is 293 g/mol. The molecule has 0 saturated heterocycles. The van der Waals surface area contributed by atoms with Crippen molar-refractivity contribution in [1.29, 1.82) is 5.41 Å². The molecule has 20 heavy (non-hydrogen) atoms. The molecule has 0 amide bonds. The lowest BCUT2D eigenvalue weighted by Crippen LogP contribution is -2.19. The highest BCUT2D eigenvalue weighted by Gasteiger charge is 2.19. The van der Waals surface area contributed by atoms with Gasteiger partial charge in [0.2, 0.25) is 0 Å². The van der Waals surface area contributed by atoms with Gasteiger partial charge in [-0.2, -0.15) is 5.10 Å². The minimum absolute atomic E-state index is 0.0519. The number of nitrogens with one attached hydrogen (secondary N) is 2. The Labute approximate surface area is 117 Å². The van der Waals surface area contributed by atoms with Crippen molar-refractivity contribution in [3.05, 3.63) is 41.7 Å². The fourth-order valence-electron chi connectivity index (χ4n) is 1.85. The van der Waals surface area contributed by atoms with Gasteiger partial charge in [-0.1, -0.05) is 12.1 Å². The highest BCUT2D eigenvalue weighted by atomic mass is 32.2. The number of anilines is 1. The molecule has 0 fully saturated rings. The molecule has 8 heteroatoms. The Hall–Kier alpha value is -2.35. The van der Waals surface area contributed by atoms with Gasteiger partial charge in [-0.25, -0.2) is 8.42 Å². The van der Waals surface area contributed by atoms with E-state index in [2.05, 4.69) is 9.82 Å². The Morgan fingerprint density at radius 2 is 2.15 bits per heavy atom. The van der Waals surface area contributed by atoms with Gasteiger partial charge < -0.3 is 5.73 Å². The van der Waals surface area contributed by atoms with Crippen molar-refractivity contribution in [2.75, 3.05) is 4.72 Å². The van der Waals surface area contributed by atoms with E-state index in [0.29, 0.717) is 5.56 Å². The Bertz CT molecular complexity index is 764. The second kappa shape index (κ2) is 4.97. The molecular weight excluding hydrogens is 278 g/mol. The van der Waals surface area contributed by atoms with Crippen molar-refractivity contribution in [2.45, 2.75) is 11.8 Å². The van der Waals surface area contributed by atoms with Crippen molar-refractivity contribution in [3.8, 4) is 0 Å². The molecule has 1 aromatic heterocycles. The number of benzene rings is 1. The fraction of sp³-hybridized carbons (Fsp3) is 0.167. The number of aromatic nitrogens is 2. The number of hydrogen-bond donors (Lipinski definition) is 3. The summed E-state index contributed by atoms with van der Waals surface area (Å²) in [5.74, 6) is -0.188. The van der Waals surface area contributed by atoms with Crippen molar-refractivity contribution in [3.63, 3.8) is 0 Å². The Morgan fingerprint density at radius 1 is 1.45 bits per heavy atom. The van der Waals surface area contributed by atoms with Crippen molar-refractivity contribution in [2.24, 2.45) is 12.8 Å². The summed E-state index contributed by atoms with van der Waals surface area (Å²) in [5.41, 5.74) is 6.89. The lowest BCUT2D eigenvalue weighted by Gasteiger charge is -2.12. The van der Waals surface area contributed by atoms with Crippen molar-refractivity contribution < 1.29 is 8.42 Å². The fourth-order valence-corrected chi connectivity index (χ4v) is 2.91. The van der Waals surface area contributed by atoms with Crippen LogP contribution in [0.5, 0.6) is 0 Å². The van der Waals surface area contributed by atoms with Gasteiger partial charge in [-0.15, -0.1) is 0 Å². The molecule has 7 nitrogen and oxygen atoms in total. The first kappa shape index (κ1) is 14.1. The number of sulfonamides is 1. The van der Waals surface area contributed by atoms with E-state index in [4.69, 9.17) is 11.1 Å². The van der Waals surface area contributed by atoms with Gasteiger partial charge in [0.05, 0.1) is 11.9 Å². The van der Waals surface area contributed by atoms with E-state index in [-0.39, 0.29) is 16.4 Å². The van der Waals surface area contributed by atoms with Crippen LogP contribution >= 0.6 is 0 Å². The number of nitrogen functional groups attached to an aromatic ring is 1. The molecule has 0 aliphatic carbocycles. The average Bonchev–Trinajstić information content (AvgIpc) is 2.75. The summed E-state index contributed by atoms with van der Waals surface area (Å²) in [7, 11) is -2.12. The summed E-state index contributed by atoms with van der Waals surface area (Å²) in [4.78, 5) is 0.0519. The van der Waals surface area contributed by atoms with E-state index in [1.165, 1.54) is 17.1 Å². The maximum absolute atomic E-state index is 12.2. The van der Waals surface area contributed by atoms with E-state index in [0.717, 1.165) is 5.56 Å². The quantitative estimate of drug-likeness (QED) is 0.571. The van der Waals surface area contributed by atoms with Gasteiger partial charge in [0, 0.05) is 18.8 Å². The van der Waals surface area contributed by atoms with E-state index < -0.39 is 10.0 Å². The number of aryl methyl sites for hydroxylation is 2. The lowest BCUT2D eigenvalue weighted by molar-refractivity contribution is 0.601. The molecule has 0 saturated carbocycles. The van der Waals surface area contributed by atoms with Crippen LogP contribution in [0.4, 0.5) is 5.69 Å². The number of nitrogens with zero attached hydrogens (tertiary/aromatic N) is 2. The van der Waals surface area contributed by atoms with E-state index in [1.807, 2.05) is 0 Å². The van der Waals surface area contributed by atoms with Gasteiger partial charge in [0.25, 0.3) is 10.0 Å². The maximum Gasteiger partial charge on any atom is 0.265 e. The zero-order valence-electron chi connectivity index (χ0n) is 11.1. The maximum atomic E-state index is 12.2. The van der Waals surface area contributed by atoms with Gasteiger partial charge >= 0.3 is 0 Å². The molecule has 0 spiro atoms. The summed E-state index contributed by atoms with van der Waals surface area (Å²) in [6, 6.07) is 5.03. The molecule has 2 aromatic rings. The topological polar surface area (TPSA) is 114 Å². The van der Waals surface area contributed by atoms with Gasteiger partial charge in [0.15, 0.2) is 0 Å². The van der Waals surface area contributed by atoms with Crippen LogP contribution in [0, 0.1) is 12.3 Å². The number of hydrogen-bond acceptors (Lipinski definition) is 4. The molecule has 0 atom stereocenters. The van der Waals surface area contributed by atoms with Crippen LogP contribution in [0.2, 0.25) is 0 Å². The van der Waals surface area contributed by atoms with Crippen LogP contribution in [-0.4, -0.2) is 24.0 Å². The predicted molar refractivity (Wildman–Crippen MR) is 76.2 cm³/mol. The minimum Gasteiger partial charge on any atom is -0.384 e. The lowest BCUT2D eigenvalue weighted by atomic mass is 10.1. The molecule has 1 aromatic carbocycles. The summed E-state index contributed by atoms with van der Waals surface area (Å²) in [6.45, 7) is 1.76. The third-order valence-electron chi connectivity index (χ3n) is 2.78. The first-order valence-corrected chi connectivity index (χ1v) is 7.25. The van der Waals surface area contributed by atoms with Gasteiger partial charge in [-0.3, -0.25) is 14.8 Å². The molecule has 0 aliphatic rings. The van der Waals surface area contributed by atoms with Crippen LogP contribution in [0.3, 0.4) is 0 Å². The highest BCUT2D eigenvalue weighted by Crippen LogP contribution is 2.22. The highest BCUT2D eigenvalue weighted by molar-refractivity contribution is 7.92.